The second kappa shape index (κ2) is 6.64. The number of halogens is 1. The van der Waals surface area contributed by atoms with E-state index >= 15 is 0 Å². The number of carbonyl (C=O) groups is 1. The zero-order valence-corrected chi connectivity index (χ0v) is 12.8. The van der Waals surface area contributed by atoms with Crippen LogP contribution >= 0.6 is 11.6 Å². The Balaban J connectivity index is 1.87. The molecule has 0 saturated heterocycles. The summed E-state index contributed by atoms with van der Waals surface area (Å²) in [7, 11) is 0. The number of hydrogen-bond acceptors (Lipinski definition) is 3. The Hall–Kier alpha value is -2.63. The molecule has 5 nitrogen and oxygen atoms in total. The molecule has 3 aromatic rings. The van der Waals surface area contributed by atoms with Crippen LogP contribution in [-0.2, 0) is 6.61 Å². The minimum atomic E-state index is -0.288. The molecular formula is C17H14ClN3O2. The van der Waals surface area contributed by atoms with Gasteiger partial charge in [0.15, 0.2) is 0 Å². The summed E-state index contributed by atoms with van der Waals surface area (Å²) in [6.07, 6.45) is 1.47. The predicted molar refractivity (Wildman–Crippen MR) is 89.4 cm³/mol. The smallest absolute Gasteiger partial charge is 0.259 e. The van der Waals surface area contributed by atoms with Crippen LogP contribution < -0.4 is 5.32 Å². The maximum absolute atomic E-state index is 12.5. The molecule has 6 heteroatoms. The molecule has 23 heavy (non-hydrogen) atoms. The molecule has 0 radical (unpaired) electrons. The molecule has 1 aromatic heterocycles. The number of rotatable bonds is 4. The van der Waals surface area contributed by atoms with Crippen LogP contribution in [0.15, 0.2) is 54.7 Å². The summed E-state index contributed by atoms with van der Waals surface area (Å²) in [5.41, 5.74) is 3.14. The highest BCUT2D eigenvalue weighted by molar-refractivity contribution is 6.30. The van der Waals surface area contributed by atoms with Crippen LogP contribution in [-0.4, -0.2) is 21.2 Å². The molecule has 3 rings (SSSR count). The van der Waals surface area contributed by atoms with Crippen LogP contribution in [0, 0.1) is 0 Å². The van der Waals surface area contributed by atoms with Crippen LogP contribution in [0.25, 0.3) is 11.3 Å². The van der Waals surface area contributed by atoms with Crippen LogP contribution in [0.5, 0.6) is 0 Å². The largest absolute Gasteiger partial charge is 0.392 e. The van der Waals surface area contributed by atoms with Gasteiger partial charge in [0, 0.05) is 16.3 Å². The number of hydrogen-bond donors (Lipinski definition) is 3. The van der Waals surface area contributed by atoms with Crippen molar-refractivity contribution in [3.8, 4) is 11.3 Å². The van der Waals surface area contributed by atoms with Gasteiger partial charge in [0.2, 0.25) is 0 Å². The Morgan fingerprint density at radius 3 is 2.83 bits per heavy atom. The first-order valence-electron chi connectivity index (χ1n) is 6.98. The fourth-order valence-electron chi connectivity index (χ4n) is 2.27. The third-order valence-corrected chi connectivity index (χ3v) is 3.60. The van der Waals surface area contributed by atoms with E-state index in [0.29, 0.717) is 22.0 Å². The van der Waals surface area contributed by atoms with E-state index < -0.39 is 0 Å². The number of nitrogens with zero attached hydrogens (tertiary/aromatic N) is 1. The number of aliphatic hydroxyl groups is 1. The minimum absolute atomic E-state index is 0.0802. The lowest BCUT2D eigenvalue weighted by molar-refractivity contribution is 0.102. The van der Waals surface area contributed by atoms with Crippen molar-refractivity contribution in [2.24, 2.45) is 0 Å². The molecule has 1 amide bonds. The number of aromatic nitrogens is 2. The number of carbonyl (C=O) groups excluding carboxylic acids is 1. The minimum Gasteiger partial charge on any atom is -0.392 e. The van der Waals surface area contributed by atoms with Gasteiger partial charge in [-0.25, -0.2) is 0 Å². The van der Waals surface area contributed by atoms with E-state index in [-0.39, 0.29) is 12.5 Å². The van der Waals surface area contributed by atoms with Gasteiger partial charge in [-0.1, -0.05) is 35.9 Å². The van der Waals surface area contributed by atoms with Gasteiger partial charge in [0.05, 0.1) is 24.1 Å². The SMILES string of the molecule is O=C(Nc1cccc(CO)c1)c1cn[nH]c1-c1cccc(Cl)c1. The molecule has 0 bridgehead atoms. The van der Waals surface area contributed by atoms with Crippen LogP contribution in [0.2, 0.25) is 5.02 Å². The molecule has 0 fully saturated rings. The van der Waals surface area contributed by atoms with Crippen molar-refractivity contribution in [1.29, 1.82) is 0 Å². The van der Waals surface area contributed by atoms with E-state index in [2.05, 4.69) is 15.5 Å². The molecule has 3 N–H and O–H groups in total. The van der Waals surface area contributed by atoms with E-state index in [4.69, 9.17) is 16.7 Å². The quantitative estimate of drug-likeness (QED) is 0.686. The molecule has 0 aliphatic heterocycles. The highest BCUT2D eigenvalue weighted by atomic mass is 35.5. The number of aromatic amines is 1. The zero-order valence-electron chi connectivity index (χ0n) is 12.1. The van der Waals surface area contributed by atoms with Crippen molar-refractivity contribution >= 4 is 23.2 Å². The van der Waals surface area contributed by atoms with E-state index in [0.717, 1.165) is 11.1 Å². The van der Waals surface area contributed by atoms with E-state index in [1.165, 1.54) is 6.20 Å². The maximum Gasteiger partial charge on any atom is 0.259 e. The van der Waals surface area contributed by atoms with Gasteiger partial charge in [-0.2, -0.15) is 5.10 Å². The van der Waals surface area contributed by atoms with Crippen LogP contribution in [0.4, 0.5) is 5.69 Å². The van der Waals surface area contributed by atoms with Gasteiger partial charge in [-0.05, 0) is 29.8 Å². The molecular weight excluding hydrogens is 314 g/mol. The summed E-state index contributed by atoms with van der Waals surface area (Å²) in [6.45, 7) is -0.0802. The Morgan fingerprint density at radius 2 is 2.04 bits per heavy atom. The maximum atomic E-state index is 12.5. The Morgan fingerprint density at radius 1 is 1.22 bits per heavy atom. The fraction of sp³-hybridized carbons (Fsp3) is 0.0588. The lowest BCUT2D eigenvalue weighted by Crippen LogP contribution is -2.12. The lowest BCUT2D eigenvalue weighted by atomic mass is 10.1. The summed E-state index contributed by atoms with van der Waals surface area (Å²) in [6, 6.07) is 14.2. The fourth-order valence-corrected chi connectivity index (χ4v) is 2.46. The van der Waals surface area contributed by atoms with Gasteiger partial charge in [0.25, 0.3) is 5.91 Å². The van der Waals surface area contributed by atoms with Crippen molar-refractivity contribution in [3.05, 3.63) is 70.9 Å². The highest BCUT2D eigenvalue weighted by Gasteiger charge is 2.15. The Bertz CT molecular complexity index is 845. The summed E-state index contributed by atoms with van der Waals surface area (Å²) in [5.74, 6) is -0.288. The summed E-state index contributed by atoms with van der Waals surface area (Å²) < 4.78 is 0. The van der Waals surface area contributed by atoms with Gasteiger partial charge in [0.1, 0.15) is 0 Å². The number of amides is 1. The molecule has 2 aromatic carbocycles. The molecule has 0 spiro atoms. The van der Waals surface area contributed by atoms with Crippen LogP contribution in [0.3, 0.4) is 0 Å². The first-order chi connectivity index (χ1) is 11.2. The number of aliphatic hydroxyl groups excluding tert-OH is 1. The molecule has 0 atom stereocenters. The standard InChI is InChI=1S/C17H14ClN3O2/c18-13-5-2-4-12(8-13)16-15(9-19-21-16)17(23)20-14-6-1-3-11(7-14)10-22/h1-9,22H,10H2,(H,19,21)(H,20,23). The second-order valence-corrected chi connectivity index (χ2v) is 5.42. The molecule has 0 unspecified atom stereocenters. The van der Waals surface area contributed by atoms with Gasteiger partial charge < -0.3 is 10.4 Å². The molecule has 0 aliphatic carbocycles. The van der Waals surface area contributed by atoms with Crippen molar-refractivity contribution in [2.45, 2.75) is 6.61 Å². The summed E-state index contributed by atoms with van der Waals surface area (Å²) in [5, 5.41) is 19.3. The van der Waals surface area contributed by atoms with Crippen molar-refractivity contribution in [1.82, 2.24) is 10.2 Å². The van der Waals surface area contributed by atoms with E-state index in [9.17, 15) is 4.79 Å². The number of benzene rings is 2. The molecule has 0 saturated carbocycles. The van der Waals surface area contributed by atoms with E-state index in [1.807, 2.05) is 12.1 Å². The number of H-pyrrole nitrogens is 1. The first kappa shape index (κ1) is 15.3. The molecule has 116 valence electrons. The van der Waals surface area contributed by atoms with Gasteiger partial charge >= 0.3 is 0 Å². The van der Waals surface area contributed by atoms with Gasteiger partial charge in [-0.15, -0.1) is 0 Å². The van der Waals surface area contributed by atoms with Crippen molar-refractivity contribution < 1.29 is 9.90 Å². The predicted octanol–water partition coefficient (Wildman–Crippen LogP) is 3.47. The number of nitrogens with one attached hydrogen (secondary N) is 2. The van der Waals surface area contributed by atoms with Gasteiger partial charge in [-0.3, -0.25) is 9.89 Å². The average Bonchev–Trinajstić information content (AvgIpc) is 3.05. The third kappa shape index (κ3) is 3.41. The topological polar surface area (TPSA) is 78.0 Å². The first-order valence-corrected chi connectivity index (χ1v) is 7.35. The second-order valence-electron chi connectivity index (χ2n) is 4.98. The normalized spacial score (nSPS) is 10.5. The van der Waals surface area contributed by atoms with Crippen molar-refractivity contribution in [3.63, 3.8) is 0 Å². The van der Waals surface area contributed by atoms with Crippen LogP contribution in [0.1, 0.15) is 15.9 Å². The molecule has 0 aliphatic rings. The monoisotopic (exact) mass is 327 g/mol. The number of anilines is 1. The zero-order chi connectivity index (χ0) is 16.2. The highest BCUT2D eigenvalue weighted by Crippen LogP contribution is 2.24. The Labute approximate surface area is 137 Å². The summed E-state index contributed by atoms with van der Waals surface area (Å²) >= 11 is 6.00. The third-order valence-electron chi connectivity index (χ3n) is 3.36. The van der Waals surface area contributed by atoms with Crippen molar-refractivity contribution in [2.75, 3.05) is 5.32 Å². The average molecular weight is 328 g/mol. The van der Waals surface area contributed by atoms with E-state index in [1.54, 1.807) is 36.4 Å². The lowest BCUT2D eigenvalue weighted by Gasteiger charge is -2.07. The summed E-state index contributed by atoms with van der Waals surface area (Å²) in [4.78, 5) is 12.5. The molecule has 1 heterocycles. The Kier molecular flexibility index (Phi) is 4.41.